The van der Waals surface area contributed by atoms with E-state index in [-0.39, 0.29) is 0 Å². The van der Waals surface area contributed by atoms with Gasteiger partial charge in [0.25, 0.3) is 0 Å². The molecule has 0 heteroatoms. The van der Waals surface area contributed by atoms with Crippen LogP contribution in [0.15, 0.2) is 121 Å². The van der Waals surface area contributed by atoms with E-state index in [0.29, 0.717) is 0 Å². The highest BCUT2D eigenvalue weighted by Crippen LogP contribution is 2.49. The first-order chi connectivity index (χ1) is 19.2. The fourth-order valence-corrected chi connectivity index (χ4v) is 6.83. The Morgan fingerprint density at radius 2 is 1.13 bits per heavy atom. The van der Waals surface area contributed by atoms with Gasteiger partial charge in [-0.05, 0) is 120 Å². The van der Waals surface area contributed by atoms with Crippen molar-refractivity contribution in [3.63, 3.8) is 0 Å². The van der Waals surface area contributed by atoms with Crippen LogP contribution in [-0.2, 0) is 6.42 Å². The molecular formula is C39H28. The molecule has 39 heavy (non-hydrogen) atoms. The second-order valence-corrected chi connectivity index (χ2v) is 11.0. The Balaban J connectivity index is 1.55. The van der Waals surface area contributed by atoms with E-state index in [0.717, 1.165) is 6.42 Å². The molecule has 0 nitrogen and oxygen atoms in total. The van der Waals surface area contributed by atoms with E-state index in [1.54, 1.807) is 0 Å². The number of hydrogen-bond donors (Lipinski definition) is 0. The first kappa shape index (κ1) is 22.3. The average molecular weight is 497 g/mol. The predicted octanol–water partition coefficient (Wildman–Crippen LogP) is 10.7. The van der Waals surface area contributed by atoms with Crippen molar-refractivity contribution in [2.45, 2.75) is 20.3 Å². The van der Waals surface area contributed by atoms with Gasteiger partial charge in [0.2, 0.25) is 0 Å². The molecule has 0 heterocycles. The summed E-state index contributed by atoms with van der Waals surface area (Å²) in [5.74, 6) is 0. The number of aryl methyl sites for hydroxylation is 1. The normalized spacial score (nSPS) is 12.3. The van der Waals surface area contributed by atoms with Crippen molar-refractivity contribution in [3.05, 3.63) is 144 Å². The molecule has 7 aromatic rings. The van der Waals surface area contributed by atoms with Gasteiger partial charge in [0.15, 0.2) is 0 Å². The smallest absolute Gasteiger partial charge is 0.000717 e. The second kappa shape index (κ2) is 8.41. The quantitative estimate of drug-likeness (QED) is 0.209. The Morgan fingerprint density at radius 3 is 2.00 bits per heavy atom. The summed E-state index contributed by atoms with van der Waals surface area (Å²) in [6, 6.07) is 45.1. The largest absolute Gasteiger partial charge is 0.0619 e. The fraction of sp³-hybridized carbons (Fsp3) is 0.0769. The molecule has 0 spiro atoms. The van der Waals surface area contributed by atoms with Crippen molar-refractivity contribution in [2.75, 3.05) is 0 Å². The van der Waals surface area contributed by atoms with E-state index in [1.165, 1.54) is 88.0 Å². The highest BCUT2D eigenvalue weighted by Gasteiger charge is 2.27. The Morgan fingerprint density at radius 1 is 0.436 bits per heavy atom. The maximum Gasteiger partial charge on any atom is -0.000717 e. The first-order valence-corrected chi connectivity index (χ1v) is 13.8. The molecule has 1 aliphatic carbocycles. The molecular weight excluding hydrogens is 468 g/mol. The topological polar surface area (TPSA) is 0 Å². The Kier molecular flexibility index (Phi) is 4.81. The van der Waals surface area contributed by atoms with Crippen molar-refractivity contribution in [2.24, 2.45) is 0 Å². The standard InChI is InChI=1S/C39H28/c1-24-20-36-32-16-8-6-13-29(32)23-37(36)38(25(24)2)39-34(33-17-9-14-26-10-5-7-15-31(26)33)19-18-30-21-27-11-3-4-12-28(27)22-35(30)39/h3-22H,23H2,1-2H3. The molecule has 0 unspecified atom stereocenters. The first-order valence-electron chi connectivity index (χ1n) is 13.8. The monoisotopic (exact) mass is 496 g/mol. The van der Waals surface area contributed by atoms with Gasteiger partial charge in [-0.15, -0.1) is 0 Å². The van der Waals surface area contributed by atoms with E-state index < -0.39 is 0 Å². The fourth-order valence-electron chi connectivity index (χ4n) is 6.83. The second-order valence-electron chi connectivity index (χ2n) is 11.0. The summed E-state index contributed by atoms with van der Waals surface area (Å²) >= 11 is 0. The van der Waals surface area contributed by atoms with Crippen LogP contribution in [0.5, 0.6) is 0 Å². The number of hydrogen-bond acceptors (Lipinski definition) is 0. The third-order valence-corrected chi connectivity index (χ3v) is 8.84. The van der Waals surface area contributed by atoms with Crippen LogP contribution < -0.4 is 0 Å². The van der Waals surface area contributed by atoms with Gasteiger partial charge in [0.1, 0.15) is 0 Å². The van der Waals surface area contributed by atoms with Crippen LogP contribution in [0.4, 0.5) is 0 Å². The zero-order valence-corrected chi connectivity index (χ0v) is 22.3. The highest BCUT2D eigenvalue weighted by molar-refractivity contribution is 6.13. The molecule has 0 aliphatic heterocycles. The van der Waals surface area contributed by atoms with Crippen molar-refractivity contribution in [1.82, 2.24) is 0 Å². The summed E-state index contributed by atoms with van der Waals surface area (Å²) in [6.45, 7) is 4.60. The molecule has 7 aromatic carbocycles. The maximum absolute atomic E-state index is 2.42. The summed E-state index contributed by atoms with van der Waals surface area (Å²) < 4.78 is 0. The third-order valence-electron chi connectivity index (χ3n) is 8.84. The third kappa shape index (κ3) is 3.31. The van der Waals surface area contributed by atoms with Crippen LogP contribution in [0.2, 0.25) is 0 Å². The Labute approximate surface area is 229 Å². The van der Waals surface area contributed by atoms with Crippen LogP contribution in [-0.4, -0.2) is 0 Å². The maximum atomic E-state index is 2.42. The number of fused-ring (bicyclic) bond motifs is 6. The average Bonchev–Trinajstić information content (AvgIpc) is 3.34. The van der Waals surface area contributed by atoms with E-state index in [1.807, 2.05) is 0 Å². The zero-order valence-electron chi connectivity index (χ0n) is 22.3. The van der Waals surface area contributed by atoms with Gasteiger partial charge in [0, 0.05) is 0 Å². The lowest BCUT2D eigenvalue weighted by Crippen LogP contribution is -1.98. The summed E-state index contributed by atoms with van der Waals surface area (Å²) in [5, 5.41) is 7.76. The van der Waals surface area contributed by atoms with Crippen LogP contribution in [0.1, 0.15) is 22.3 Å². The summed E-state index contributed by atoms with van der Waals surface area (Å²) in [7, 11) is 0. The summed E-state index contributed by atoms with van der Waals surface area (Å²) in [4.78, 5) is 0. The predicted molar refractivity (Wildman–Crippen MR) is 168 cm³/mol. The Hall–Kier alpha value is -4.68. The molecule has 0 fully saturated rings. The molecule has 0 N–H and O–H groups in total. The molecule has 0 saturated carbocycles. The molecule has 0 amide bonds. The van der Waals surface area contributed by atoms with E-state index in [2.05, 4.69) is 135 Å². The molecule has 0 bridgehead atoms. The van der Waals surface area contributed by atoms with Gasteiger partial charge in [-0.25, -0.2) is 0 Å². The molecule has 184 valence electrons. The molecule has 0 saturated heterocycles. The van der Waals surface area contributed by atoms with Gasteiger partial charge >= 0.3 is 0 Å². The highest BCUT2D eigenvalue weighted by atomic mass is 14.3. The van der Waals surface area contributed by atoms with Crippen LogP contribution in [0.25, 0.3) is 65.7 Å². The van der Waals surface area contributed by atoms with Gasteiger partial charge in [0.05, 0.1) is 0 Å². The Bertz CT molecular complexity index is 2100. The lowest BCUT2D eigenvalue weighted by molar-refractivity contribution is 1.23. The number of rotatable bonds is 2. The van der Waals surface area contributed by atoms with Gasteiger partial charge < -0.3 is 0 Å². The number of benzene rings is 7. The van der Waals surface area contributed by atoms with Gasteiger partial charge in [-0.2, -0.15) is 0 Å². The molecule has 0 radical (unpaired) electrons. The van der Waals surface area contributed by atoms with Crippen molar-refractivity contribution in [1.29, 1.82) is 0 Å². The van der Waals surface area contributed by atoms with Gasteiger partial charge in [-0.1, -0.05) is 109 Å². The molecule has 0 aromatic heterocycles. The summed E-state index contributed by atoms with van der Waals surface area (Å²) in [5.41, 5.74) is 13.8. The van der Waals surface area contributed by atoms with Crippen molar-refractivity contribution in [3.8, 4) is 33.4 Å². The SMILES string of the molecule is Cc1cc2c(c(-c3c(-c4cccc5ccccc45)ccc4cc5ccccc5cc34)c1C)Cc1ccccc1-2. The van der Waals surface area contributed by atoms with E-state index >= 15 is 0 Å². The van der Waals surface area contributed by atoms with E-state index in [4.69, 9.17) is 0 Å². The lowest BCUT2D eigenvalue weighted by atomic mass is 9.81. The minimum Gasteiger partial charge on any atom is -0.0619 e. The molecule has 1 aliphatic rings. The van der Waals surface area contributed by atoms with Crippen molar-refractivity contribution < 1.29 is 0 Å². The summed E-state index contributed by atoms with van der Waals surface area (Å²) in [6.07, 6.45) is 0.973. The van der Waals surface area contributed by atoms with Crippen molar-refractivity contribution >= 4 is 32.3 Å². The minimum absolute atomic E-state index is 0.973. The zero-order chi connectivity index (χ0) is 26.1. The van der Waals surface area contributed by atoms with E-state index in [9.17, 15) is 0 Å². The van der Waals surface area contributed by atoms with Crippen LogP contribution in [0, 0.1) is 13.8 Å². The van der Waals surface area contributed by atoms with Gasteiger partial charge in [-0.3, -0.25) is 0 Å². The molecule has 8 rings (SSSR count). The molecule has 0 atom stereocenters. The minimum atomic E-state index is 0.973. The van der Waals surface area contributed by atoms with Crippen LogP contribution >= 0.6 is 0 Å². The van der Waals surface area contributed by atoms with Crippen LogP contribution in [0.3, 0.4) is 0 Å². The lowest BCUT2D eigenvalue weighted by Gasteiger charge is -2.22.